The van der Waals surface area contributed by atoms with Crippen molar-refractivity contribution in [2.75, 3.05) is 0 Å². The molecular formula is C24H20. The summed E-state index contributed by atoms with van der Waals surface area (Å²) < 4.78 is 0. The maximum absolute atomic E-state index is 2.25. The number of hydrogen-bond donors (Lipinski definition) is 0. The minimum atomic E-state index is 1.04. The zero-order chi connectivity index (χ0) is 16.4. The quantitative estimate of drug-likeness (QED) is 0.520. The van der Waals surface area contributed by atoms with E-state index < -0.39 is 0 Å². The largest absolute Gasteiger partial charge is 0.0622 e. The third-order valence-electron chi connectivity index (χ3n) is 4.80. The van der Waals surface area contributed by atoms with Gasteiger partial charge in [0.25, 0.3) is 0 Å². The molecule has 0 N–H and O–H groups in total. The van der Waals surface area contributed by atoms with Crippen LogP contribution < -0.4 is 0 Å². The maximum atomic E-state index is 2.25. The fraction of sp³-hybridized carbons (Fsp3) is 0.0833. The second-order valence-electron chi connectivity index (χ2n) is 6.23. The van der Waals surface area contributed by atoms with Crippen LogP contribution in [0.25, 0.3) is 16.7 Å². The van der Waals surface area contributed by atoms with Gasteiger partial charge in [0, 0.05) is 0 Å². The minimum absolute atomic E-state index is 1.04. The number of benzene rings is 3. The van der Waals surface area contributed by atoms with Crippen LogP contribution in [0, 0.1) is 0 Å². The Hall–Kier alpha value is -2.86. The molecule has 0 aliphatic heterocycles. The minimum Gasteiger partial charge on any atom is -0.0622 e. The summed E-state index contributed by atoms with van der Waals surface area (Å²) in [5, 5.41) is 0. The van der Waals surface area contributed by atoms with E-state index in [1.165, 1.54) is 39.0 Å². The second-order valence-corrected chi connectivity index (χ2v) is 6.23. The fourth-order valence-corrected chi connectivity index (χ4v) is 3.45. The van der Waals surface area contributed by atoms with Crippen LogP contribution in [0.2, 0.25) is 0 Å². The number of rotatable bonds is 3. The van der Waals surface area contributed by atoms with Crippen molar-refractivity contribution in [3.63, 3.8) is 0 Å². The molecule has 0 unspecified atom stereocenters. The van der Waals surface area contributed by atoms with Crippen LogP contribution in [-0.2, 0) is 0 Å². The normalized spacial score (nSPS) is 15.9. The summed E-state index contributed by atoms with van der Waals surface area (Å²) in [6.07, 6.45) is 1.04. The van der Waals surface area contributed by atoms with Crippen molar-refractivity contribution >= 4 is 16.7 Å². The lowest BCUT2D eigenvalue weighted by Gasteiger charge is -2.31. The van der Waals surface area contributed by atoms with E-state index >= 15 is 0 Å². The molecule has 0 heterocycles. The van der Waals surface area contributed by atoms with Crippen LogP contribution >= 0.6 is 0 Å². The van der Waals surface area contributed by atoms with E-state index in [0.29, 0.717) is 0 Å². The summed E-state index contributed by atoms with van der Waals surface area (Å²) in [4.78, 5) is 0. The molecule has 1 aliphatic carbocycles. The average Bonchev–Trinajstić information content (AvgIpc) is 2.63. The van der Waals surface area contributed by atoms with Gasteiger partial charge in [0.05, 0.1) is 0 Å². The van der Waals surface area contributed by atoms with Crippen molar-refractivity contribution in [1.29, 1.82) is 0 Å². The van der Waals surface area contributed by atoms with Gasteiger partial charge in [-0.15, -0.1) is 0 Å². The molecule has 116 valence electrons. The fourth-order valence-electron chi connectivity index (χ4n) is 3.45. The van der Waals surface area contributed by atoms with E-state index in [2.05, 4.69) is 97.9 Å². The van der Waals surface area contributed by atoms with Gasteiger partial charge in [-0.05, 0) is 52.3 Å². The van der Waals surface area contributed by atoms with Gasteiger partial charge in [0.1, 0.15) is 0 Å². The van der Waals surface area contributed by atoms with E-state index in [0.717, 1.165) is 6.42 Å². The monoisotopic (exact) mass is 308 g/mol. The molecule has 0 spiro atoms. The van der Waals surface area contributed by atoms with Gasteiger partial charge in [-0.25, -0.2) is 0 Å². The molecule has 3 aromatic carbocycles. The van der Waals surface area contributed by atoms with Crippen molar-refractivity contribution in [2.24, 2.45) is 0 Å². The van der Waals surface area contributed by atoms with Crippen LogP contribution in [0.3, 0.4) is 0 Å². The van der Waals surface area contributed by atoms with E-state index in [9.17, 15) is 0 Å². The summed E-state index contributed by atoms with van der Waals surface area (Å²) in [5.41, 5.74) is 9.66. The van der Waals surface area contributed by atoms with Crippen molar-refractivity contribution < 1.29 is 0 Å². The summed E-state index contributed by atoms with van der Waals surface area (Å²) in [6, 6.07) is 32.2. The third-order valence-corrected chi connectivity index (χ3v) is 4.80. The molecule has 0 amide bonds. The number of allylic oxidation sites excluding steroid dienone is 4. The van der Waals surface area contributed by atoms with Crippen molar-refractivity contribution in [3.05, 3.63) is 113 Å². The Labute approximate surface area is 143 Å². The molecule has 0 radical (unpaired) electrons. The smallest absolute Gasteiger partial charge is 0.000445 e. The third kappa shape index (κ3) is 2.61. The van der Waals surface area contributed by atoms with Crippen LogP contribution in [0.15, 0.2) is 96.6 Å². The van der Waals surface area contributed by atoms with Crippen LogP contribution in [0.4, 0.5) is 0 Å². The summed E-state index contributed by atoms with van der Waals surface area (Å²) in [6.45, 7) is 2.25. The molecule has 3 aromatic rings. The standard InChI is InChI=1S/C24H20/c1-18(19-11-5-2-6-12-19)22-17-23(20-13-7-3-8-14-20)24(22)21-15-9-4-10-16-21/h2-16H,17H2,1H3/b22-18+. The number of hydrogen-bond acceptors (Lipinski definition) is 0. The molecule has 0 saturated carbocycles. The molecule has 0 saturated heterocycles. The van der Waals surface area contributed by atoms with Gasteiger partial charge >= 0.3 is 0 Å². The van der Waals surface area contributed by atoms with Crippen LogP contribution in [0.5, 0.6) is 0 Å². The molecule has 1 aliphatic rings. The van der Waals surface area contributed by atoms with Crippen LogP contribution in [-0.4, -0.2) is 0 Å². The topological polar surface area (TPSA) is 0 Å². The average molecular weight is 308 g/mol. The lowest BCUT2D eigenvalue weighted by Crippen LogP contribution is -2.09. The lowest BCUT2D eigenvalue weighted by atomic mass is 9.73. The molecule has 0 bridgehead atoms. The highest BCUT2D eigenvalue weighted by Gasteiger charge is 2.27. The van der Waals surface area contributed by atoms with Gasteiger partial charge in [-0.3, -0.25) is 0 Å². The molecule has 0 nitrogen and oxygen atoms in total. The zero-order valence-electron chi connectivity index (χ0n) is 13.9. The Kier molecular flexibility index (Phi) is 3.88. The second kappa shape index (κ2) is 6.33. The molecular weight excluding hydrogens is 288 g/mol. The Morgan fingerprint density at radius 3 is 1.71 bits per heavy atom. The van der Waals surface area contributed by atoms with E-state index in [1.54, 1.807) is 0 Å². The van der Waals surface area contributed by atoms with Gasteiger partial charge in [0.2, 0.25) is 0 Å². The summed E-state index contributed by atoms with van der Waals surface area (Å²) >= 11 is 0. The Bertz CT molecular complexity index is 898. The summed E-state index contributed by atoms with van der Waals surface area (Å²) in [7, 11) is 0. The predicted molar refractivity (Wildman–Crippen MR) is 103 cm³/mol. The lowest BCUT2D eigenvalue weighted by molar-refractivity contribution is 1.22. The first-order valence-electron chi connectivity index (χ1n) is 8.44. The summed E-state index contributed by atoms with van der Waals surface area (Å²) in [5.74, 6) is 0. The molecule has 0 heteroatoms. The van der Waals surface area contributed by atoms with Gasteiger partial charge in [-0.2, -0.15) is 0 Å². The Morgan fingerprint density at radius 1 is 0.625 bits per heavy atom. The first kappa shape index (κ1) is 14.7. The first-order chi connectivity index (χ1) is 11.8. The van der Waals surface area contributed by atoms with E-state index in [1.807, 2.05) is 0 Å². The molecule has 0 fully saturated rings. The molecule has 24 heavy (non-hydrogen) atoms. The highest BCUT2D eigenvalue weighted by molar-refractivity contribution is 6.10. The van der Waals surface area contributed by atoms with Crippen molar-refractivity contribution in [2.45, 2.75) is 13.3 Å². The highest BCUT2D eigenvalue weighted by atomic mass is 14.3. The zero-order valence-corrected chi connectivity index (χ0v) is 13.9. The van der Waals surface area contributed by atoms with Crippen molar-refractivity contribution in [1.82, 2.24) is 0 Å². The first-order valence-corrected chi connectivity index (χ1v) is 8.44. The molecule has 4 rings (SSSR count). The van der Waals surface area contributed by atoms with E-state index in [4.69, 9.17) is 0 Å². The maximum Gasteiger partial charge on any atom is -0.000445 e. The van der Waals surface area contributed by atoms with Crippen LogP contribution in [0.1, 0.15) is 30.0 Å². The van der Waals surface area contributed by atoms with E-state index in [-0.39, 0.29) is 0 Å². The van der Waals surface area contributed by atoms with Gasteiger partial charge in [-0.1, -0.05) is 91.0 Å². The predicted octanol–water partition coefficient (Wildman–Crippen LogP) is 6.47. The SMILES string of the molecule is C/C(=C1/CC(c2ccccc2)=C1c1ccccc1)c1ccccc1. The molecule has 0 aromatic heterocycles. The van der Waals surface area contributed by atoms with Gasteiger partial charge < -0.3 is 0 Å². The Balaban J connectivity index is 1.88. The Morgan fingerprint density at radius 2 is 1.12 bits per heavy atom. The highest BCUT2D eigenvalue weighted by Crippen LogP contribution is 2.49. The van der Waals surface area contributed by atoms with Crippen molar-refractivity contribution in [3.8, 4) is 0 Å². The van der Waals surface area contributed by atoms with Gasteiger partial charge in [0.15, 0.2) is 0 Å². The molecule has 0 atom stereocenters.